The number of halogens is 1. The van der Waals surface area contributed by atoms with Crippen LogP contribution in [0.2, 0.25) is 0 Å². The molecule has 0 saturated heterocycles. The van der Waals surface area contributed by atoms with E-state index in [1.165, 1.54) is 42.6 Å². The number of nitrogens with zero attached hydrogens (tertiary/aromatic N) is 3. The molecule has 1 amide bonds. The van der Waals surface area contributed by atoms with Gasteiger partial charge in [0.25, 0.3) is 5.69 Å². The minimum absolute atomic E-state index is 0.0899. The summed E-state index contributed by atoms with van der Waals surface area (Å²) in [6.07, 6.45) is 2.67. The van der Waals surface area contributed by atoms with Crippen molar-refractivity contribution in [1.29, 1.82) is 0 Å². The van der Waals surface area contributed by atoms with Crippen molar-refractivity contribution < 1.29 is 18.8 Å². The Kier molecular flexibility index (Phi) is 6.21. The number of pyridine rings is 1. The van der Waals surface area contributed by atoms with E-state index in [1.54, 1.807) is 24.3 Å². The average Bonchev–Trinajstić information content (AvgIpc) is 2.71. The fourth-order valence-corrected chi connectivity index (χ4v) is 2.29. The van der Waals surface area contributed by atoms with Crippen LogP contribution >= 0.6 is 0 Å². The van der Waals surface area contributed by atoms with Crippen LogP contribution < -0.4 is 10.2 Å². The van der Waals surface area contributed by atoms with Gasteiger partial charge in [0, 0.05) is 12.1 Å². The number of carbonyl (C=O) groups is 1. The van der Waals surface area contributed by atoms with E-state index in [0.717, 1.165) is 11.8 Å². The minimum Gasteiger partial charge on any atom is -0.439 e. The van der Waals surface area contributed by atoms with E-state index in [4.69, 9.17) is 4.74 Å². The van der Waals surface area contributed by atoms with Crippen molar-refractivity contribution in [1.82, 2.24) is 10.4 Å². The van der Waals surface area contributed by atoms with Gasteiger partial charge in [-0.15, -0.1) is 0 Å². The second-order valence-corrected chi connectivity index (χ2v) is 5.88. The summed E-state index contributed by atoms with van der Waals surface area (Å²) in [5, 5.41) is 14.5. The number of hydrogen-bond donors (Lipinski definition) is 1. The quantitative estimate of drug-likeness (QED) is 0.374. The number of hydrazone groups is 1. The second-order valence-electron chi connectivity index (χ2n) is 5.88. The molecule has 0 bridgehead atoms. The topological polar surface area (TPSA) is 107 Å². The van der Waals surface area contributed by atoms with Crippen LogP contribution in [0.25, 0.3) is 0 Å². The molecule has 3 aromatic rings. The molecule has 0 aliphatic heterocycles. The molecule has 29 heavy (non-hydrogen) atoms. The average molecular weight is 394 g/mol. The summed E-state index contributed by atoms with van der Waals surface area (Å²) in [6.45, 7) is 0. The summed E-state index contributed by atoms with van der Waals surface area (Å²) in [7, 11) is 0. The zero-order chi connectivity index (χ0) is 20.6. The van der Waals surface area contributed by atoms with Gasteiger partial charge in [-0.1, -0.05) is 12.1 Å². The van der Waals surface area contributed by atoms with Crippen LogP contribution in [-0.2, 0) is 11.2 Å². The first-order valence-corrected chi connectivity index (χ1v) is 8.44. The smallest absolute Gasteiger partial charge is 0.287 e. The third-order valence-corrected chi connectivity index (χ3v) is 3.71. The van der Waals surface area contributed by atoms with Crippen molar-refractivity contribution in [2.45, 2.75) is 6.42 Å². The Bertz CT molecular complexity index is 1020. The molecule has 2 aromatic carbocycles. The number of rotatable bonds is 7. The Hall–Kier alpha value is -4.14. The maximum atomic E-state index is 12.8. The van der Waals surface area contributed by atoms with Crippen LogP contribution in [0.4, 0.5) is 10.1 Å². The molecule has 0 saturated carbocycles. The first-order chi connectivity index (χ1) is 14.0. The molecule has 1 aromatic heterocycles. The Morgan fingerprint density at radius 2 is 1.86 bits per heavy atom. The molecule has 0 aliphatic carbocycles. The van der Waals surface area contributed by atoms with Gasteiger partial charge < -0.3 is 4.74 Å². The minimum atomic E-state index is -0.538. The normalized spacial score (nSPS) is 10.7. The van der Waals surface area contributed by atoms with Crippen molar-refractivity contribution >= 4 is 17.8 Å². The van der Waals surface area contributed by atoms with Crippen molar-refractivity contribution in [3.63, 3.8) is 0 Å². The Labute approximate surface area is 164 Å². The van der Waals surface area contributed by atoms with Gasteiger partial charge in [0.1, 0.15) is 17.8 Å². The van der Waals surface area contributed by atoms with Gasteiger partial charge in [0.2, 0.25) is 11.8 Å². The zero-order valence-electron chi connectivity index (χ0n) is 15.0. The number of benzene rings is 2. The van der Waals surface area contributed by atoms with Crippen molar-refractivity contribution in [3.8, 4) is 11.6 Å². The van der Waals surface area contributed by atoms with Crippen LogP contribution in [0, 0.1) is 15.9 Å². The number of nitrogens with one attached hydrogen (secondary N) is 1. The van der Waals surface area contributed by atoms with Gasteiger partial charge in [0.15, 0.2) is 0 Å². The fraction of sp³-hybridized carbons (Fsp3) is 0.0500. The molecule has 1 heterocycles. The Morgan fingerprint density at radius 1 is 1.14 bits per heavy atom. The lowest BCUT2D eigenvalue weighted by Crippen LogP contribution is -2.19. The van der Waals surface area contributed by atoms with Crippen molar-refractivity contribution in [3.05, 3.63) is 93.9 Å². The zero-order valence-corrected chi connectivity index (χ0v) is 15.0. The predicted molar refractivity (Wildman–Crippen MR) is 103 cm³/mol. The summed E-state index contributed by atoms with van der Waals surface area (Å²) in [4.78, 5) is 25.8. The monoisotopic (exact) mass is 394 g/mol. The Balaban J connectivity index is 1.51. The lowest BCUT2D eigenvalue weighted by Gasteiger charge is -2.04. The maximum absolute atomic E-state index is 12.8. The molecule has 146 valence electrons. The van der Waals surface area contributed by atoms with Gasteiger partial charge in [-0.2, -0.15) is 5.10 Å². The van der Waals surface area contributed by atoms with Gasteiger partial charge in [-0.3, -0.25) is 14.9 Å². The van der Waals surface area contributed by atoms with E-state index in [0.29, 0.717) is 11.3 Å². The van der Waals surface area contributed by atoms with Crippen LogP contribution in [0.1, 0.15) is 11.1 Å². The third kappa shape index (κ3) is 5.93. The molecule has 0 fully saturated rings. The predicted octanol–water partition coefficient (Wildman–Crippen LogP) is 3.61. The van der Waals surface area contributed by atoms with Gasteiger partial charge in [-0.05, 0) is 47.5 Å². The highest BCUT2D eigenvalue weighted by molar-refractivity contribution is 5.83. The van der Waals surface area contributed by atoms with Crippen LogP contribution in [0.15, 0.2) is 72.0 Å². The highest BCUT2D eigenvalue weighted by Gasteiger charge is 2.06. The number of nitro groups is 1. The molecule has 0 spiro atoms. The third-order valence-electron chi connectivity index (χ3n) is 3.71. The largest absolute Gasteiger partial charge is 0.439 e. The van der Waals surface area contributed by atoms with E-state index in [9.17, 15) is 19.3 Å². The molecule has 0 atom stereocenters. The second kappa shape index (κ2) is 9.18. The summed E-state index contributed by atoms with van der Waals surface area (Å²) in [5.41, 5.74) is 3.68. The fourth-order valence-electron chi connectivity index (χ4n) is 2.29. The number of hydrogen-bond acceptors (Lipinski definition) is 6. The summed E-state index contributed by atoms with van der Waals surface area (Å²) in [5.74, 6) is 0.0370. The number of ether oxygens (including phenoxy) is 1. The van der Waals surface area contributed by atoms with Crippen molar-refractivity contribution in [2.24, 2.45) is 5.10 Å². The van der Waals surface area contributed by atoms with Crippen molar-refractivity contribution in [2.75, 3.05) is 0 Å². The molecule has 8 nitrogen and oxygen atoms in total. The number of amides is 1. The maximum Gasteiger partial charge on any atom is 0.287 e. The van der Waals surface area contributed by atoms with Gasteiger partial charge in [0.05, 0.1) is 17.6 Å². The van der Waals surface area contributed by atoms with Crippen LogP contribution in [-0.4, -0.2) is 22.0 Å². The first kappa shape index (κ1) is 19.6. The highest BCUT2D eigenvalue weighted by atomic mass is 19.1. The molecule has 0 radical (unpaired) electrons. The van der Waals surface area contributed by atoms with Crippen LogP contribution in [0.3, 0.4) is 0 Å². The lowest BCUT2D eigenvalue weighted by atomic mass is 10.1. The summed E-state index contributed by atoms with van der Waals surface area (Å²) >= 11 is 0. The molecule has 1 N–H and O–H groups in total. The standard InChI is InChI=1S/C20H15FN4O4/c21-16-5-1-14(2-6-16)11-19(26)24-23-12-15-3-8-18(9-4-15)29-20-10-7-17(13-22-20)25(27)28/h1-10,12-13H,11H2,(H,24,26)/b23-12+. The van der Waals surface area contributed by atoms with Gasteiger partial charge in [-0.25, -0.2) is 14.8 Å². The van der Waals surface area contributed by atoms with E-state index < -0.39 is 4.92 Å². The number of aromatic nitrogens is 1. The van der Waals surface area contributed by atoms with Gasteiger partial charge >= 0.3 is 0 Å². The van der Waals surface area contributed by atoms with E-state index in [1.807, 2.05) is 0 Å². The first-order valence-electron chi connectivity index (χ1n) is 8.44. The summed E-state index contributed by atoms with van der Waals surface area (Å²) in [6, 6.07) is 15.2. The van der Waals surface area contributed by atoms with Crippen LogP contribution in [0.5, 0.6) is 11.6 Å². The van der Waals surface area contributed by atoms with E-state index >= 15 is 0 Å². The molecule has 0 unspecified atom stereocenters. The molecule has 9 heteroatoms. The van der Waals surface area contributed by atoms with E-state index in [-0.39, 0.29) is 29.7 Å². The molecule has 3 rings (SSSR count). The molecular formula is C20H15FN4O4. The summed E-state index contributed by atoms with van der Waals surface area (Å²) < 4.78 is 18.4. The Morgan fingerprint density at radius 3 is 2.48 bits per heavy atom. The SMILES string of the molecule is O=C(Cc1ccc(F)cc1)N/N=C/c1ccc(Oc2ccc([N+](=O)[O-])cn2)cc1. The molecule has 0 aliphatic rings. The number of carbonyl (C=O) groups excluding carboxylic acids is 1. The molecular weight excluding hydrogens is 379 g/mol. The highest BCUT2D eigenvalue weighted by Crippen LogP contribution is 2.21. The van der Waals surface area contributed by atoms with E-state index in [2.05, 4.69) is 15.5 Å². The lowest BCUT2D eigenvalue weighted by molar-refractivity contribution is -0.385.